The van der Waals surface area contributed by atoms with Crippen LogP contribution in [-0.4, -0.2) is 19.8 Å². The van der Waals surface area contributed by atoms with Crippen molar-refractivity contribution in [2.24, 2.45) is 7.05 Å². The Morgan fingerprint density at radius 2 is 2.04 bits per heavy atom. The molecule has 4 aromatic rings. The summed E-state index contributed by atoms with van der Waals surface area (Å²) in [5.41, 5.74) is 0.247. The molecule has 1 N–H and O–H groups in total. The summed E-state index contributed by atoms with van der Waals surface area (Å²) in [6, 6.07) is 10.6. The molecule has 4 rings (SSSR count). The average molecular weight is 372 g/mol. The number of fused-ring (bicyclic) bond motifs is 1. The average Bonchev–Trinajstić information content (AvgIpc) is 3.10. The van der Waals surface area contributed by atoms with E-state index in [4.69, 9.17) is 16.1 Å². The second kappa shape index (κ2) is 5.96. The molecule has 0 saturated carbocycles. The molecule has 26 heavy (non-hydrogen) atoms. The number of halogens is 2. The number of benzene rings is 2. The van der Waals surface area contributed by atoms with Gasteiger partial charge in [-0.3, -0.25) is 4.79 Å². The van der Waals surface area contributed by atoms with E-state index in [0.29, 0.717) is 16.1 Å². The highest BCUT2D eigenvalue weighted by molar-refractivity contribution is 6.30. The van der Waals surface area contributed by atoms with Gasteiger partial charge in [-0.15, -0.1) is 0 Å². The van der Waals surface area contributed by atoms with Crippen LogP contribution in [0.5, 0.6) is 5.75 Å². The molecule has 0 spiro atoms. The second-order valence-corrected chi connectivity index (χ2v) is 6.12. The quantitative estimate of drug-likeness (QED) is 0.580. The first-order valence-electron chi connectivity index (χ1n) is 7.57. The highest BCUT2D eigenvalue weighted by atomic mass is 35.5. The molecule has 8 heteroatoms. The van der Waals surface area contributed by atoms with Crippen LogP contribution in [0.15, 0.2) is 51.8 Å². The van der Waals surface area contributed by atoms with Crippen molar-refractivity contribution in [3.63, 3.8) is 0 Å². The number of hydrogen-bond acceptors (Lipinski definition) is 5. The lowest BCUT2D eigenvalue weighted by molar-refractivity contribution is 0.425. The van der Waals surface area contributed by atoms with Crippen molar-refractivity contribution >= 4 is 22.5 Å². The zero-order valence-electron chi connectivity index (χ0n) is 13.4. The molecule has 2 aromatic carbocycles. The number of hydrogen-bond donors (Lipinski definition) is 1. The van der Waals surface area contributed by atoms with Crippen LogP contribution in [0.25, 0.3) is 33.7 Å². The van der Waals surface area contributed by atoms with Crippen LogP contribution in [-0.2, 0) is 7.05 Å². The van der Waals surface area contributed by atoms with Crippen LogP contribution >= 0.6 is 11.6 Å². The first-order chi connectivity index (χ1) is 12.5. The summed E-state index contributed by atoms with van der Waals surface area (Å²) in [5, 5.41) is 15.0. The normalized spacial score (nSPS) is 11.2. The van der Waals surface area contributed by atoms with Crippen LogP contribution in [0.3, 0.4) is 0 Å². The minimum Gasteiger partial charge on any atom is -0.506 e. The first kappa shape index (κ1) is 16.3. The van der Waals surface area contributed by atoms with Gasteiger partial charge in [-0.05, 0) is 30.3 Å². The molecular formula is C18H11ClFN3O3. The molecule has 2 aromatic heterocycles. The fraction of sp³-hybridized carbons (Fsp3) is 0.0556. The minimum absolute atomic E-state index is 0.163. The Morgan fingerprint density at radius 1 is 1.23 bits per heavy atom. The van der Waals surface area contributed by atoms with Gasteiger partial charge in [-0.1, -0.05) is 28.9 Å². The lowest BCUT2D eigenvalue weighted by Crippen LogP contribution is -2.19. The van der Waals surface area contributed by atoms with Gasteiger partial charge in [0.15, 0.2) is 0 Å². The highest BCUT2D eigenvalue weighted by Gasteiger charge is 2.22. The Kier molecular flexibility index (Phi) is 3.73. The summed E-state index contributed by atoms with van der Waals surface area (Å²) in [6.07, 6.45) is 0. The van der Waals surface area contributed by atoms with Crippen LogP contribution < -0.4 is 5.56 Å². The van der Waals surface area contributed by atoms with E-state index in [9.17, 15) is 14.3 Å². The first-order valence-corrected chi connectivity index (χ1v) is 7.95. The molecule has 0 saturated heterocycles. The van der Waals surface area contributed by atoms with Gasteiger partial charge in [0.05, 0.1) is 5.52 Å². The molecule has 0 unspecified atom stereocenters. The summed E-state index contributed by atoms with van der Waals surface area (Å²) in [4.78, 5) is 16.8. The van der Waals surface area contributed by atoms with E-state index in [2.05, 4.69) is 10.1 Å². The van der Waals surface area contributed by atoms with Crippen molar-refractivity contribution in [3.8, 4) is 28.6 Å². The molecule has 0 fully saturated rings. The summed E-state index contributed by atoms with van der Waals surface area (Å²) in [7, 11) is 1.51. The maximum Gasteiger partial charge on any atom is 0.267 e. The Labute approximate surface area is 151 Å². The summed E-state index contributed by atoms with van der Waals surface area (Å²) in [5.74, 6) is -0.904. The zero-order chi connectivity index (χ0) is 18.4. The maximum absolute atomic E-state index is 13.6. The molecule has 0 aliphatic carbocycles. The van der Waals surface area contributed by atoms with Crippen LogP contribution in [0, 0.1) is 5.82 Å². The second-order valence-electron chi connectivity index (χ2n) is 5.68. The molecule has 0 atom stereocenters. The number of aromatic hydroxyl groups is 1. The maximum atomic E-state index is 13.6. The van der Waals surface area contributed by atoms with E-state index in [1.165, 1.54) is 23.7 Å². The van der Waals surface area contributed by atoms with E-state index in [-0.39, 0.29) is 22.7 Å². The van der Waals surface area contributed by atoms with Crippen molar-refractivity contribution < 1.29 is 14.0 Å². The lowest BCUT2D eigenvalue weighted by Gasteiger charge is -2.09. The number of aryl methyl sites for hydroxylation is 1. The van der Waals surface area contributed by atoms with E-state index in [1.807, 2.05) is 0 Å². The molecule has 0 radical (unpaired) electrons. The number of aromatic nitrogens is 3. The van der Waals surface area contributed by atoms with Gasteiger partial charge in [-0.25, -0.2) is 4.39 Å². The standard InChI is InChI=1S/C18H11ClFN3O3/c1-23-13-6-5-11(20)8-12(13)15(24)14(18(23)25)17-21-16(22-26-17)9-3-2-4-10(19)7-9/h2-8,24H,1H3. The van der Waals surface area contributed by atoms with Crippen molar-refractivity contribution in [2.75, 3.05) is 0 Å². The van der Waals surface area contributed by atoms with E-state index < -0.39 is 17.1 Å². The fourth-order valence-electron chi connectivity index (χ4n) is 2.77. The van der Waals surface area contributed by atoms with Gasteiger partial charge in [-0.2, -0.15) is 4.98 Å². The van der Waals surface area contributed by atoms with Crippen LogP contribution in [0.4, 0.5) is 4.39 Å². The Balaban J connectivity index is 1.94. The van der Waals surface area contributed by atoms with Crippen LogP contribution in [0.1, 0.15) is 0 Å². The van der Waals surface area contributed by atoms with E-state index in [0.717, 1.165) is 6.07 Å². The van der Waals surface area contributed by atoms with Gasteiger partial charge in [0.1, 0.15) is 17.1 Å². The van der Waals surface area contributed by atoms with Gasteiger partial charge in [0, 0.05) is 23.0 Å². The zero-order valence-corrected chi connectivity index (χ0v) is 14.2. The monoisotopic (exact) mass is 371 g/mol. The van der Waals surface area contributed by atoms with Gasteiger partial charge < -0.3 is 14.2 Å². The number of rotatable bonds is 2. The van der Waals surface area contributed by atoms with Gasteiger partial charge in [0.2, 0.25) is 5.82 Å². The van der Waals surface area contributed by atoms with Crippen molar-refractivity contribution in [1.82, 2.24) is 14.7 Å². The predicted molar refractivity (Wildman–Crippen MR) is 94.5 cm³/mol. The summed E-state index contributed by atoms with van der Waals surface area (Å²) >= 11 is 5.95. The van der Waals surface area contributed by atoms with Crippen LogP contribution in [0.2, 0.25) is 5.02 Å². The Hall–Kier alpha value is -3.19. The lowest BCUT2D eigenvalue weighted by atomic mass is 10.1. The molecule has 0 aliphatic rings. The summed E-state index contributed by atoms with van der Waals surface area (Å²) in [6.45, 7) is 0. The molecule has 130 valence electrons. The molecule has 0 aliphatic heterocycles. The van der Waals surface area contributed by atoms with Crippen molar-refractivity contribution in [2.45, 2.75) is 0 Å². The molecular weight excluding hydrogens is 361 g/mol. The third-order valence-corrected chi connectivity index (χ3v) is 4.29. The fourth-order valence-corrected chi connectivity index (χ4v) is 2.96. The number of nitrogens with zero attached hydrogens (tertiary/aromatic N) is 3. The molecule has 0 bridgehead atoms. The molecule has 6 nitrogen and oxygen atoms in total. The SMILES string of the molecule is Cn1c(=O)c(-c2nc(-c3cccc(Cl)c3)no2)c(O)c2cc(F)ccc21. The number of pyridine rings is 1. The minimum atomic E-state index is -0.539. The van der Waals surface area contributed by atoms with E-state index in [1.54, 1.807) is 24.3 Å². The third-order valence-electron chi connectivity index (χ3n) is 4.05. The highest BCUT2D eigenvalue weighted by Crippen LogP contribution is 2.33. The molecule has 2 heterocycles. The Morgan fingerprint density at radius 3 is 2.81 bits per heavy atom. The van der Waals surface area contributed by atoms with Gasteiger partial charge in [0.25, 0.3) is 11.4 Å². The predicted octanol–water partition coefficient (Wildman–Crippen LogP) is 3.75. The summed E-state index contributed by atoms with van der Waals surface area (Å²) < 4.78 is 20.0. The smallest absolute Gasteiger partial charge is 0.267 e. The topological polar surface area (TPSA) is 81.2 Å². The van der Waals surface area contributed by atoms with Crippen molar-refractivity contribution in [3.05, 3.63) is 63.7 Å². The Bertz CT molecular complexity index is 1220. The van der Waals surface area contributed by atoms with Gasteiger partial charge >= 0.3 is 0 Å². The van der Waals surface area contributed by atoms with Crippen molar-refractivity contribution in [1.29, 1.82) is 0 Å². The van der Waals surface area contributed by atoms with E-state index >= 15 is 0 Å². The molecule has 0 amide bonds. The third kappa shape index (κ3) is 2.53. The largest absolute Gasteiger partial charge is 0.506 e.